The summed E-state index contributed by atoms with van der Waals surface area (Å²) in [7, 11) is 0. The van der Waals surface area contributed by atoms with E-state index in [9.17, 15) is 18.4 Å². The number of benzene rings is 1. The second kappa shape index (κ2) is 6.48. The van der Waals surface area contributed by atoms with Crippen molar-refractivity contribution in [3.8, 4) is 0 Å². The predicted molar refractivity (Wildman–Crippen MR) is 60.8 cm³/mol. The van der Waals surface area contributed by atoms with Gasteiger partial charge in [-0.3, -0.25) is 4.79 Å². The fourth-order valence-corrected chi connectivity index (χ4v) is 1.11. The number of para-hydroxylation sites is 1. The van der Waals surface area contributed by atoms with E-state index in [1.54, 1.807) is 6.92 Å². The number of esters is 1. The van der Waals surface area contributed by atoms with Gasteiger partial charge in [-0.05, 0) is 19.1 Å². The molecule has 0 spiro atoms. The lowest BCUT2D eigenvalue weighted by Crippen LogP contribution is -2.21. The highest BCUT2D eigenvalue weighted by Gasteiger charge is 2.12. The van der Waals surface area contributed by atoms with Gasteiger partial charge < -0.3 is 10.1 Å². The number of hydrogen-bond acceptors (Lipinski definition) is 3. The average molecular weight is 255 g/mol. The van der Waals surface area contributed by atoms with Crippen molar-refractivity contribution >= 4 is 17.6 Å². The molecular weight excluding hydrogens is 244 g/mol. The molecule has 1 N–H and O–H groups in total. The Kier molecular flexibility index (Phi) is 4.98. The lowest BCUT2D eigenvalue weighted by atomic mass is 10.3. The number of anilines is 1. The van der Waals surface area contributed by atoms with E-state index in [1.165, 1.54) is 12.1 Å². The quantitative estimate of drug-likeness (QED) is 0.661. The molecule has 0 heterocycles. The first kappa shape index (κ1) is 13.8. The van der Waals surface area contributed by atoms with Crippen molar-refractivity contribution in [3.05, 3.63) is 42.0 Å². The second-order valence-electron chi connectivity index (χ2n) is 3.25. The first-order valence-corrected chi connectivity index (χ1v) is 5.08. The first-order chi connectivity index (χ1) is 8.54. The monoisotopic (exact) mass is 255 g/mol. The highest BCUT2D eigenvalue weighted by molar-refractivity contribution is 5.93. The van der Waals surface area contributed by atoms with Crippen molar-refractivity contribution in [2.24, 2.45) is 0 Å². The zero-order chi connectivity index (χ0) is 13.5. The van der Waals surface area contributed by atoms with Gasteiger partial charge >= 0.3 is 5.97 Å². The molecule has 4 nitrogen and oxygen atoms in total. The number of hydrogen-bond donors (Lipinski definition) is 1. The fourth-order valence-electron chi connectivity index (χ4n) is 1.11. The van der Waals surface area contributed by atoms with Crippen LogP contribution in [0.2, 0.25) is 0 Å². The Bertz CT molecular complexity index is 466. The third kappa shape index (κ3) is 3.97. The van der Waals surface area contributed by atoms with Gasteiger partial charge in [0.15, 0.2) is 6.61 Å². The number of allylic oxidation sites excluding steroid dienone is 1. The van der Waals surface area contributed by atoms with Gasteiger partial charge in [0.2, 0.25) is 0 Å². The van der Waals surface area contributed by atoms with Crippen molar-refractivity contribution < 1.29 is 23.1 Å². The number of ether oxygens (including phenoxy) is 1. The van der Waals surface area contributed by atoms with E-state index < -0.39 is 35.8 Å². The highest BCUT2D eigenvalue weighted by Crippen LogP contribution is 2.17. The Hall–Kier alpha value is -2.24. The van der Waals surface area contributed by atoms with E-state index >= 15 is 0 Å². The van der Waals surface area contributed by atoms with E-state index in [4.69, 9.17) is 0 Å². The van der Waals surface area contributed by atoms with E-state index in [0.717, 1.165) is 18.2 Å². The minimum atomic E-state index is -0.900. The molecule has 96 valence electrons. The normalized spacial score (nSPS) is 10.4. The molecule has 1 aromatic rings. The number of carbonyl (C=O) groups is 2. The molecule has 0 fully saturated rings. The zero-order valence-corrected chi connectivity index (χ0v) is 9.57. The van der Waals surface area contributed by atoms with Crippen molar-refractivity contribution in [1.82, 2.24) is 0 Å². The molecule has 0 atom stereocenters. The van der Waals surface area contributed by atoms with Crippen LogP contribution in [0.5, 0.6) is 0 Å². The van der Waals surface area contributed by atoms with Gasteiger partial charge in [0.05, 0.1) is 0 Å². The maximum absolute atomic E-state index is 13.2. The molecule has 0 aliphatic heterocycles. The van der Waals surface area contributed by atoms with Crippen molar-refractivity contribution in [1.29, 1.82) is 0 Å². The summed E-state index contributed by atoms with van der Waals surface area (Å²) in [4.78, 5) is 22.2. The van der Waals surface area contributed by atoms with Crippen LogP contribution >= 0.6 is 0 Å². The maximum Gasteiger partial charge on any atom is 0.330 e. The summed E-state index contributed by atoms with van der Waals surface area (Å²) in [5, 5.41) is 1.99. The second-order valence-corrected chi connectivity index (χ2v) is 3.25. The Morgan fingerprint density at radius 1 is 1.33 bits per heavy atom. The lowest BCUT2D eigenvalue weighted by molar-refractivity contribution is -0.142. The van der Waals surface area contributed by atoms with Crippen molar-refractivity contribution in [3.63, 3.8) is 0 Å². The number of rotatable bonds is 4. The summed E-state index contributed by atoms with van der Waals surface area (Å²) < 4.78 is 30.8. The molecule has 0 aliphatic carbocycles. The summed E-state index contributed by atoms with van der Waals surface area (Å²) >= 11 is 0. The molecule has 6 heteroatoms. The van der Waals surface area contributed by atoms with Crippen LogP contribution in [0.3, 0.4) is 0 Å². The molecule has 0 radical (unpaired) electrons. The number of nitrogens with one attached hydrogen (secondary N) is 1. The van der Waals surface area contributed by atoms with Gasteiger partial charge in [-0.2, -0.15) is 0 Å². The fraction of sp³-hybridized carbons (Fsp3) is 0.167. The van der Waals surface area contributed by atoms with Crippen LogP contribution in [0.1, 0.15) is 6.92 Å². The third-order valence-electron chi connectivity index (χ3n) is 1.88. The molecule has 1 rings (SSSR count). The molecule has 0 saturated heterocycles. The van der Waals surface area contributed by atoms with Gasteiger partial charge in [0.25, 0.3) is 5.91 Å². The van der Waals surface area contributed by atoms with E-state index in [-0.39, 0.29) is 0 Å². The predicted octanol–water partition coefficient (Wildman–Crippen LogP) is 2.02. The van der Waals surface area contributed by atoms with Crippen LogP contribution in [-0.2, 0) is 14.3 Å². The Morgan fingerprint density at radius 2 is 1.94 bits per heavy atom. The molecular formula is C12H11F2NO3. The number of halogens is 2. The van der Waals surface area contributed by atoms with Gasteiger partial charge in [-0.15, -0.1) is 0 Å². The third-order valence-corrected chi connectivity index (χ3v) is 1.88. The molecule has 18 heavy (non-hydrogen) atoms. The van der Waals surface area contributed by atoms with Gasteiger partial charge in [-0.1, -0.05) is 12.1 Å². The highest BCUT2D eigenvalue weighted by atomic mass is 19.1. The summed E-state index contributed by atoms with van der Waals surface area (Å²) in [5.41, 5.74) is -0.565. The molecule has 1 aromatic carbocycles. The van der Waals surface area contributed by atoms with Crippen LogP contribution in [0.15, 0.2) is 30.4 Å². The van der Waals surface area contributed by atoms with Crippen LogP contribution in [0.4, 0.5) is 14.5 Å². The molecule has 0 aliphatic rings. The Morgan fingerprint density at radius 3 is 2.50 bits per heavy atom. The number of amides is 1. The van der Waals surface area contributed by atoms with Gasteiger partial charge in [0, 0.05) is 6.08 Å². The molecule has 0 saturated carbocycles. The minimum Gasteiger partial charge on any atom is -0.452 e. The summed E-state index contributed by atoms with van der Waals surface area (Å²) in [5.74, 6) is -3.33. The van der Waals surface area contributed by atoms with Crippen LogP contribution < -0.4 is 5.32 Å². The number of carbonyl (C=O) groups excluding carboxylic acids is 2. The van der Waals surface area contributed by atoms with E-state index in [2.05, 4.69) is 4.74 Å². The van der Waals surface area contributed by atoms with Crippen LogP contribution in [-0.4, -0.2) is 18.5 Å². The Labute approximate surface area is 102 Å². The van der Waals surface area contributed by atoms with Crippen LogP contribution in [0, 0.1) is 11.6 Å². The SMILES string of the molecule is C/C=C/C(=O)OCC(=O)Nc1c(F)cccc1F. The van der Waals surface area contributed by atoms with E-state index in [1.807, 2.05) is 5.32 Å². The minimum absolute atomic E-state index is 0.565. The molecule has 0 aromatic heterocycles. The summed E-state index contributed by atoms with van der Waals surface area (Å²) in [6.07, 6.45) is 2.56. The topological polar surface area (TPSA) is 55.4 Å². The standard InChI is InChI=1S/C12H11F2NO3/c1-2-4-11(17)18-7-10(16)15-12-8(13)5-3-6-9(12)14/h2-6H,7H2,1H3,(H,15,16)/b4-2+. The average Bonchev–Trinajstić information content (AvgIpc) is 2.32. The van der Waals surface area contributed by atoms with Gasteiger partial charge in [-0.25, -0.2) is 13.6 Å². The van der Waals surface area contributed by atoms with E-state index in [0.29, 0.717) is 0 Å². The zero-order valence-electron chi connectivity index (χ0n) is 9.57. The lowest BCUT2D eigenvalue weighted by Gasteiger charge is -2.07. The largest absolute Gasteiger partial charge is 0.452 e. The Balaban J connectivity index is 2.58. The summed E-state index contributed by atoms with van der Waals surface area (Å²) in [6.45, 7) is 0.993. The summed E-state index contributed by atoms with van der Waals surface area (Å²) in [6, 6.07) is 3.18. The van der Waals surface area contributed by atoms with Crippen molar-refractivity contribution in [2.75, 3.05) is 11.9 Å². The van der Waals surface area contributed by atoms with Gasteiger partial charge in [0.1, 0.15) is 17.3 Å². The first-order valence-electron chi connectivity index (χ1n) is 5.08. The van der Waals surface area contributed by atoms with Crippen molar-refractivity contribution in [2.45, 2.75) is 6.92 Å². The molecule has 1 amide bonds. The maximum atomic E-state index is 13.2. The smallest absolute Gasteiger partial charge is 0.330 e. The molecule has 0 unspecified atom stereocenters. The molecule has 0 bridgehead atoms. The van der Waals surface area contributed by atoms with Crippen LogP contribution in [0.25, 0.3) is 0 Å².